The van der Waals surface area contributed by atoms with Crippen molar-refractivity contribution < 1.29 is 13.9 Å². The van der Waals surface area contributed by atoms with E-state index in [4.69, 9.17) is 16.7 Å². The van der Waals surface area contributed by atoms with Gasteiger partial charge in [0.05, 0.1) is 4.21 Å². The molecule has 2 nitrogen and oxygen atoms in total. The molecule has 0 spiro atoms. The van der Waals surface area contributed by atoms with Crippen LogP contribution in [0.3, 0.4) is 0 Å². The molecule has 2 aromatic carbocycles. The van der Waals surface area contributed by atoms with E-state index >= 15 is 0 Å². The number of phenols is 1. The van der Waals surface area contributed by atoms with Gasteiger partial charge < -0.3 is 10.4 Å². The lowest BCUT2D eigenvalue weighted by Crippen LogP contribution is -2.00. The number of halogens is 3. The van der Waals surface area contributed by atoms with Gasteiger partial charge in [0.1, 0.15) is 0 Å². The normalized spacial score (nSPS) is 10.8. The Morgan fingerprint density at radius 3 is 2.42 bits per heavy atom. The van der Waals surface area contributed by atoms with E-state index in [0.29, 0.717) is 11.6 Å². The van der Waals surface area contributed by atoms with Crippen molar-refractivity contribution >= 4 is 40.4 Å². The zero-order valence-electron chi connectivity index (χ0n) is 12.2. The van der Waals surface area contributed by atoms with Gasteiger partial charge in [-0.1, -0.05) is 23.4 Å². The average molecular weight is 384 g/mol. The van der Waals surface area contributed by atoms with Crippen LogP contribution in [0.1, 0.15) is 5.56 Å². The molecule has 0 unspecified atom stereocenters. The first-order valence-corrected chi connectivity index (χ1v) is 9.02. The first-order chi connectivity index (χ1) is 11.5. The summed E-state index contributed by atoms with van der Waals surface area (Å²) in [6.45, 7) is 0.420. The van der Waals surface area contributed by atoms with Crippen molar-refractivity contribution in [1.29, 1.82) is 0 Å². The van der Waals surface area contributed by atoms with Crippen LogP contribution < -0.4 is 5.32 Å². The predicted molar refractivity (Wildman–Crippen MR) is 95.2 cm³/mol. The van der Waals surface area contributed by atoms with Gasteiger partial charge in [-0.2, -0.15) is 0 Å². The lowest BCUT2D eigenvalue weighted by atomic mass is 10.2. The smallest absolute Gasteiger partial charge is 0.187 e. The molecule has 24 heavy (non-hydrogen) atoms. The number of rotatable bonds is 5. The highest BCUT2D eigenvalue weighted by molar-refractivity contribution is 8.01. The molecule has 124 valence electrons. The molecule has 1 heterocycles. The lowest BCUT2D eigenvalue weighted by Gasteiger charge is -2.09. The minimum absolute atomic E-state index is 0.274. The zero-order valence-corrected chi connectivity index (χ0v) is 14.6. The molecule has 0 aliphatic carbocycles. The van der Waals surface area contributed by atoms with Crippen LogP contribution in [0.2, 0.25) is 5.02 Å². The number of thiophene rings is 1. The Labute approximate surface area is 151 Å². The van der Waals surface area contributed by atoms with Gasteiger partial charge >= 0.3 is 0 Å². The van der Waals surface area contributed by atoms with Crippen molar-refractivity contribution in [3.8, 4) is 5.75 Å². The van der Waals surface area contributed by atoms with Crippen LogP contribution in [0, 0.1) is 11.6 Å². The maximum absolute atomic E-state index is 13.4. The summed E-state index contributed by atoms with van der Waals surface area (Å²) < 4.78 is 27.8. The zero-order chi connectivity index (χ0) is 17.1. The van der Waals surface area contributed by atoms with Crippen LogP contribution in [-0.2, 0) is 6.54 Å². The van der Waals surface area contributed by atoms with Crippen LogP contribution in [0.5, 0.6) is 5.75 Å². The molecule has 1 aromatic heterocycles. The first-order valence-electron chi connectivity index (χ1n) is 6.94. The molecule has 0 saturated heterocycles. The third-order valence-corrected chi connectivity index (χ3v) is 5.73. The van der Waals surface area contributed by atoms with Crippen LogP contribution in [0.4, 0.5) is 14.5 Å². The van der Waals surface area contributed by atoms with E-state index in [9.17, 15) is 8.78 Å². The Morgan fingerprint density at radius 1 is 1.08 bits per heavy atom. The summed E-state index contributed by atoms with van der Waals surface area (Å²) in [6, 6.07) is 11.6. The number of hydrogen-bond donors (Lipinski definition) is 2. The van der Waals surface area contributed by atoms with Gasteiger partial charge in [0.15, 0.2) is 17.4 Å². The van der Waals surface area contributed by atoms with Gasteiger partial charge in [-0.25, -0.2) is 8.78 Å². The standard InChI is InChI=1S/C17H12ClF2NOS2/c18-11-1-3-13(4-2-11)24-17-10(5-6-23-17)9-21-12-7-14(19)16(22)15(20)8-12/h1-8,21-22H,9H2. The summed E-state index contributed by atoms with van der Waals surface area (Å²) in [4.78, 5) is 1.06. The van der Waals surface area contributed by atoms with Gasteiger partial charge in [0.2, 0.25) is 0 Å². The number of phenolic OH excluding ortho intramolecular Hbond substituents is 1. The molecule has 0 aliphatic heterocycles. The molecule has 7 heteroatoms. The van der Waals surface area contributed by atoms with E-state index < -0.39 is 17.4 Å². The lowest BCUT2D eigenvalue weighted by molar-refractivity contribution is 0.396. The van der Waals surface area contributed by atoms with Crippen molar-refractivity contribution in [3.05, 3.63) is 70.1 Å². The van der Waals surface area contributed by atoms with E-state index in [1.807, 2.05) is 35.7 Å². The summed E-state index contributed by atoms with van der Waals surface area (Å²) in [5, 5.41) is 14.7. The maximum Gasteiger partial charge on any atom is 0.187 e. The molecule has 0 amide bonds. The van der Waals surface area contributed by atoms with Crippen LogP contribution in [0.25, 0.3) is 0 Å². The largest absolute Gasteiger partial charge is 0.503 e. The van der Waals surface area contributed by atoms with Crippen molar-refractivity contribution in [2.24, 2.45) is 0 Å². The molecule has 0 fully saturated rings. The number of anilines is 1. The topological polar surface area (TPSA) is 32.3 Å². The quantitative estimate of drug-likeness (QED) is 0.518. The first kappa shape index (κ1) is 17.1. The van der Waals surface area contributed by atoms with Crippen LogP contribution >= 0.6 is 34.7 Å². The van der Waals surface area contributed by atoms with Gasteiger partial charge in [0, 0.05) is 34.3 Å². The van der Waals surface area contributed by atoms with Crippen molar-refractivity contribution in [2.75, 3.05) is 5.32 Å². The van der Waals surface area contributed by atoms with E-state index in [2.05, 4.69) is 5.32 Å². The van der Waals surface area contributed by atoms with Crippen LogP contribution in [-0.4, -0.2) is 5.11 Å². The van der Waals surface area contributed by atoms with E-state index in [1.54, 1.807) is 23.1 Å². The molecule has 0 aliphatic rings. The summed E-state index contributed by atoms with van der Waals surface area (Å²) in [7, 11) is 0. The third-order valence-electron chi connectivity index (χ3n) is 3.23. The number of aromatic hydroxyl groups is 1. The van der Waals surface area contributed by atoms with E-state index in [1.165, 1.54) is 0 Å². The average Bonchev–Trinajstić information content (AvgIpc) is 3.00. The Kier molecular flexibility index (Phi) is 5.28. The number of hydrogen-bond acceptors (Lipinski definition) is 4. The second-order valence-corrected chi connectivity index (χ2v) is 7.63. The second-order valence-electron chi connectivity index (χ2n) is 4.93. The molecule has 3 rings (SSSR count). The van der Waals surface area contributed by atoms with Crippen molar-refractivity contribution in [2.45, 2.75) is 15.6 Å². The molecular formula is C17H12ClF2NOS2. The highest BCUT2D eigenvalue weighted by Crippen LogP contribution is 2.35. The highest BCUT2D eigenvalue weighted by Gasteiger charge is 2.11. The molecule has 0 radical (unpaired) electrons. The Bertz CT molecular complexity index is 829. The fourth-order valence-electron chi connectivity index (χ4n) is 2.02. The molecular weight excluding hydrogens is 372 g/mol. The third kappa shape index (κ3) is 4.01. The van der Waals surface area contributed by atoms with Crippen molar-refractivity contribution in [1.82, 2.24) is 0 Å². The summed E-state index contributed by atoms with van der Waals surface area (Å²) in [5.74, 6) is -2.94. The fraction of sp³-hybridized carbons (Fsp3) is 0.0588. The number of nitrogens with one attached hydrogen (secondary N) is 1. The molecule has 0 saturated carbocycles. The second kappa shape index (κ2) is 7.42. The summed E-state index contributed by atoms with van der Waals surface area (Å²) in [6.07, 6.45) is 0. The predicted octanol–water partition coefficient (Wildman–Crippen LogP) is 6.15. The fourth-order valence-corrected chi connectivity index (χ4v) is 4.20. The Morgan fingerprint density at radius 2 is 1.75 bits per heavy atom. The van der Waals surface area contributed by atoms with E-state index in [0.717, 1.165) is 26.8 Å². The van der Waals surface area contributed by atoms with Crippen molar-refractivity contribution in [3.63, 3.8) is 0 Å². The summed E-state index contributed by atoms with van der Waals surface area (Å²) >= 11 is 9.08. The molecule has 0 bridgehead atoms. The minimum Gasteiger partial charge on any atom is -0.503 e. The number of benzene rings is 2. The summed E-state index contributed by atoms with van der Waals surface area (Å²) in [5.41, 5.74) is 1.30. The van der Waals surface area contributed by atoms with Gasteiger partial charge in [0.25, 0.3) is 0 Å². The molecule has 2 N–H and O–H groups in total. The minimum atomic E-state index is -0.987. The Balaban J connectivity index is 1.71. The molecule has 0 atom stereocenters. The molecule has 3 aromatic rings. The monoisotopic (exact) mass is 383 g/mol. The van der Waals surface area contributed by atoms with Gasteiger partial charge in [-0.05, 0) is 41.3 Å². The van der Waals surface area contributed by atoms with Gasteiger partial charge in [-0.15, -0.1) is 11.3 Å². The highest BCUT2D eigenvalue weighted by atomic mass is 35.5. The van der Waals surface area contributed by atoms with Gasteiger partial charge in [-0.3, -0.25) is 0 Å². The SMILES string of the molecule is Oc1c(F)cc(NCc2ccsc2Sc2ccc(Cl)cc2)cc1F. The van der Waals surface area contributed by atoms with Crippen LogP contribution in [0.15, 0.2) is 56.9 Å². The van der Waals surface area contributed by atoms with E-state index in [-0.39, 0.29) is 5.69 Å². The maximum atomic E-state index is 13.4. The Hall–Kier alpha value is -1.76.